The number of nitrogens with zero attached hydrogens (tertiary/aromatic N) is 2. The first-order valence-electron chi connectivity index (χ1n) is 24.6. The zero-order chi connectivity index (χ0) is 46.9. The molecule has 2 nitrogen and oxygen atoms in total. The monoisotopic (exact) mass is 902 g/mol. The fourth-order valence-corrected chi connectivity index (χ4v) is 12.0. The van der Waals surface area contributed by atoms with E-state index in [9.17, 15) is 0 Å². The maximum atomic E-state index is 2.54. The largest absolute Gasteiger partial charge is 0.310 e. The third kappa shape index (κ3) is 6.35. The molecule has 1 aromatic heterocycles. The van der Waals surface area contributed by atoms with Crippen LogP contribution in [-0.4, -0.2) is 4.57 Å². The highest BCUT2D eigenvalue weighted by Gasteiger charge is 2.47. The Balaban J connectivity index is 0.963. The van der Waals surface area contributed by atoms with E-state index in [2.05, 4.69) is 289 Å². The van der Waals surface area contributed by atoms with Gasteiger partial charge in [-0.15, -0.1) is 0 Å². The van der Waals surface area contributed by atoms with Gasteiger partial charge in [0.25, 0.3) is 0 Å². The maximum absolute atomic E-state index is 2.54. The minimum Gasteiger partial charge on any atom is -0.310 e. The summed E-state index contributed by atoms with van der Waals surface area (Å²) in [5, 5.41) is 7.45. The summed E-state index contributed by atoms with van der Waals surface area (Å²) in [5.41, 5.74) is 18.8. The molecule has 0 saturated carbocycles. The number of benzene rings is 12. The minimum absolute atomic E-state index is 0.509. The van der Waals surface area contributed by atoms with Crippen molar-refractivity contribution in [3.63, 3.8) is 0 Å². The van der Waals surface area contributed by atoms with E-state index < -0.39 is 5.41 Å². The molecule has 12 aromatic carbocycles. The molecule has 0 atom stereocenters. The average Bonchev–Trinajstić information content (AvgIpc) is 3.95. The lowest BCUT2D eigenvalue weighted by molar-refractivity contribution is 0.769. The average molecular weight is 903 g/mol. The minimum atomic E-state index is -0.509. The Morgan fingerprint density at radius 3 is 1.54 bits per heavy atom. The van der Waals surface area contributed by atoms with Gasteiger partial charge in [0.1, 0.15) is 0 Å². The van der Waals surface area contributed by atoms with Gasteiger partial charge in [0, 0.05) is 38.8 Å². The smallest absolute Gasteiger partial charge is 0.0713 e. The molecule has 0 fully saturated rings. The number of anilines is 3. The van der Waals surface area contributed by atoms with Crippen LogP contribution in [0.1, 0.15) is 22.3 Å². The van der Waals surface area contributed by atoms with Crippen molar-refractivity contribution in [1.82, 2.24) is 4.57 Å². The fraction of sp³-hybridized carbons (Fsp3) is 0.0145. The molecule has 0 aliphatic heterocycles. The topological polar surface area (TPSA) is 8.17 Å². The van der Waals surface area contributed by atoms with Crippen LogP contribution in [0, 0.1) is 0 Å². The van der Waals surface area contributed by atoms with Crippen LogP contribution in [0.2, 0.25) is 0 Å². The molecule has 0 spiro atoms. The molecule has 0 saturated heterocycles. The molecule has 14 rings (SSSR count). The van der Waals surface area contributed by atoms with Crippen LogP contribution in [0.4, 0.5) is 17.1 Å². The van der Waals surface area contributed by atoms with Crippen molar-refractivity contribution in [2.45, 2.75) is 5.41 Å². The zero-order valence-corrected chi connectivity index (χ0v) is 39.0. The highest BCUT2D eigenvalue weighted by atomic mass is 15.1. The summed E-state index contributed by atoms with van der Waals surface area (Å²) in [7, 11) is 0. The second kappa shape index (κ2) is 16.5. The molecule has 1 aliphatic carbocycles. The van der Waals surface area contributed by atoms with E-state index in [1.54, 1.807) is 0 Å². The molecule has 0 bridgehead atoms. The second-order valence-electron chi connectivity index (χ2n) is 18.8. The molecule has 1 aliphatic rings. The lowest BCUT2D eigenvalue weighted by Gasteiger charge is -2.34. The Bertz CT molecular complexity index is 4060. The van der Waals surface area contributed by atoms with Crippen molar-refractivity contribution < 1.29 is 0 Å². The van der Waals surface area contributed by atoms with E-state index in [0.717, 1.165) is 28.3 Å². The molecule has 2 heteroatoms. The number of fused-ring (bicyclic) bond motifs is 10. The molecule has 0 N–H and O–H groups in total. The molecule has 332 valence electrons. The number of rotatable bonds is 8. The highest BCUT2D eigenvalue weighted by molar-refractivity contribution is 6.19. The van der Waals surface area contributed by atoms with Crippen molar-refractivity contribution >= 4 is 60.4 Å². The van der Waals surface area contributed by atoms with Crippen molar-refractivity contribution in [2.75, 3.05) is 4.90 Å². The highest BCUT2D eigenvalue weighted by Crippen LogP contribution is 2.58. The van der Waals surface area contributed by atoms with Gasteiger partial charge in [0.2, 0.25) is 0 Å². The molecule has 13 aromatic rings. The van der Waals surface area contributed by atoms with Gasteiger partial charge in [-0.2, -0.15) is 0 Å². The molecule has 0 amide bonds. The van der Waals surface area contributed by atoms with Crippen molar-refractivity contribution in [2.24, 2.45) is 0 Å². The van der Waals surface area contributed by atoms with Crippen molar-refractivity contribution in [3.8, 4) is 39.1 Å². The van der Waals surface area contributed by atoms with E-state index in [-0.39, 0.29) is 0 Å². The zero-order valence-electron chi connectivity index (χ0n) is 39.0. The fourth-order valence-electron chi connectivity index (χ4n) is 12.0. The lowest BCUT2D eigenvalue weighted by Crippen LogP contribution is -2.28. The first-order chi connectivity index (χ1) is 35.2. The van der Waals surface area contributed by atoms with Crippen LogP contribution in [-0.2, 0) is 5.41 Å². The van der Waals surface area contributed by atoms with E-state index in [0.29, 0.717) is 0 Å². The van der Waals surface area contributed by atoms with E-state index in [1.807, 2.05) is 0 Å². The summed E-state index contributed by atoms with van der Waals surface area (Å²) in [5.74, 6) is 0. The molecule has 0 radical (unpaired) electrons. The van der Waals surface area contributed by atoms with Crippen LogP contribution in [0.3, 0.4) is 0 Å². The summed E-state index contributed by atoms with van der Waals surface area (Å²) in [4.78, 5) is 2.35. The van der Waals surface area contributed by atoms with Crippen molar-refractivity contribution in [1.29, 1.82) is 0 Å². The predicted molar refractivity (Wildman–Crippen MR) is 299 cm³/mol. The van der Waals surface area contributed by atoms with Crippen molar-refractivity contribution in [3.05, 3.63) is 301 Å². The summed E-state index contributed by atoms with van der Waals surface area (Å²) < 4.78 is 2.54. The van der Waals surface area contributed by atoms with Gasteiger partial charge in [-0.1, -0.05) is 231 Å². The Morgan fingerprint density at radius 1 is 0.324 bits per heavy atom. The van der Waals surface area contributed by atoms with Gasteiger partial charge < -0.3 is 9.47 Å². The second-order valence-corrected chi connectivity index (χ2v) is 18.8. The van der Waals surface area contributed by atoms with Gasteiger partial charge >= 0.3 is 0 Å². The summed E-state index contributed by atoms with van der Waals surface area (Å²) in [6.07, 6.45) is 0. The van der Waals surface area contributed by atoms with Gasteiger partial charge in [0.05, 0.1) is 22.1 Å². The van der Waals surface area contributed by atoms with Crippen LogP contribution in [0.25, 0.3) is 82.4 Å². The molecule has 71 heavy (non-hydrogen) atoms. The van der Waals surface area contributed by atoms with Gasteiger partial charge in [-0.05, 0) is 115 Å². The van der Waals surface area contributed by atoms with Crippen LogP contribution < -0.4 is 4.90 Å². The number of para-hydroxylation sites is 3. The Hall–Kier alpha value is -9.24. The van der Waals surface area contributed by atoms with E-state index in [4.69, 9.17) is 0 Å². The molecular formula is C69H46N2. The van der Waals surface area contributed by atoms with Crippen LogP contribution in [0.5, 0.6) is 0 Å². The Labute approximate surface area is 413 Å². The lowest BCUT2D eigenvalue weighted by atomic mass is 9.67. The Morgan fingerprint density at radius 2 is 0.845 bits per heavy atom. The molecule has 1 heterocycles. The van der Waals surface area contributed by atoms with Crippen LogP contribution >= 0.6 is 0 Å². The number of hydrogen-bond acceptors (Lipinski definition) is 1. The predicted octanol–water partition coefficient (Wildman–Crippen LogP) is 18.3. The quantitative estimate of drug-likeness (QED) is 0.147. The van der Waals surface area contributed by atoms with Gasteiger partial charge in [-0.25, -0.2) is 0 Å². The third-order valence-corrected chi connectivity index (χ3v) is 15.0. The van der Waals surface area contributed by atoms with Crippen LogP contribution in [0.15, 0.2) is 279 Å². The van der Waals surface area contributed by atoms with E-state index in [1.165, 1.54) is 93.4 Å². The van der Waals surface area contributed by atoms with Gasteiger partial charge in [-0.3, -0.25) is 0 Å². The first kappa shape index (κ1) is 40.8. The number of aromatic nitrogens is 1. The molecule has 0 unspecified atom stereocenters. The summed E-state index contributed by atoms with van der Waals surface area (Å²) in [6, 6.07) is 103. The summed E-state index contributed by atoms with van der Waals surface area (Å²) >= 11 is 0. The number of hydrogen-bond donors (Lipinski definition) is 0. The molecular weight excluding hydrogens is 857 g/mol. The maximum Gasteiger partial charge on any atom is 0.0713 e. The van der Waals surface area contributed by atoms with Gasteiger partial charge in [0.15, 0.2) is 0 Å². The SMILES string of the molecule is c1ccc(N(c2ccccc2)c2ccccc2-c2ccc(-c3ccc4c5ccc6ccccc6c5n(-c5ccc6c(c5)-c5c(ccc7ccccc57)C6(c5ccccc5)c5ccccc5)c4c3)cc2)cc1. The third-order valence-electron chi connectivity index (χ3n) is 15.0. The Kier molecular flexibility index (Phi) is 9.47. The summed E-state index contributed by atoms with van der Waals surface area (Å²) in [6.45, 7) is 0. The first-order valence-corrected chi connectivity index (χ1v) is 24.6. The standard InChI is InChI=1S/C69H46N2/c1-5-21-52(22-6-1)69(53-23-7-2-8-24-53)63-44-40-56(46-62(63)67-58-30-15-13-19-48(58)39-43-64(67)69)71-66-45-51(38-41-60(66)61-42-37-49-20-14-16-31-59(49)68(61)71)47-33-35-50(36-34-47)57-29-17-18-32-65(57)70(54-25-9-3-10-26-54)55-27-11-4-12-28-55/h1-46H. The van der Waals surface area contributed by atoms with E-state index >= 15 is 0 Å². The normalized spacial score (nSPS) is 12.6.